The third-order valence-corrected chi connectivity index (χ3v) is 3.46. The molecule has 0 aliphatic carbocycles. The van der Waals surface area contributed by atoms with Gasteiger partial charge in [-0.1, -0.05) is 23.7 Å². The SMILES string of the molecule is CC(O)CCN(C)C(=O)c1ccn(-c2ccccc2Cl)n1. The summed E-state index contributed by atoms with van der Waals surface area (Å²) in [4.78, 5) is 13.8. The second-order valence-corrected chi connectivity index (χ2v) is 5.37. The molecule has 0 aliphatic rings. The van der Waals surface area contributed by atoms with E-state index >= 15 is 0 Å². The molecule has 1 heterocycles. The Morgan fingerprint density at radius 1 is 1.43 bits per heavy atom. The molecule has 0 bridgehead atoms. The first kappa shape index (κ1) is 15.5. The van der Waals surface area contributed by atoms with Gasteiger partial charge in [-0.15, -0.1) is 0 Å². The fourth-order valence-electron chi connectivity index (χ4n) is 1.89. The van der Waals surface area contributed by atoms with Crippen LogP contribution < -0.4 is 0 Å². The number of amides is 1. The van der Waals surface area contributed by atoms with E-state index in [1.54, 1.807) is 41.9 Å². The van der Waals surface area contributed by atoms with Crippen LogP contribution in [0, 0.1) is 0 Å². The van der Waals surface area contributed by atoms with Gasteiger partial charge in [0.25, 0.3) is 5.91 Å². The van der Waals surface area contributed by atoms with Crippen molar-refractivity contribution in [2.24, 2.45) is 0 Å². The first-order chi connectivity index (χ1) is 9.99. The molecule has 0 saturated heterocycles. The number of nitrogens with zero attached hydrogens (tertiary/aromatic N) is 3. The molecule has 1 unspecified atom stereocenters. The van der Waals surface area contributed by atoms with E-state index in [1.807, 2.05) is 18.2 Å². The lowest BCUT2D eigenvalue weighted by atomic mass is 10.2. The third kappa shape index (κ3) is 3.83. The van der Waals surface area contributed by atoms with E-state index in [0.29, 0.717) is 23.7 Å². The summed E-state index contributed by atoms with van der Waals surface area (Å²) in [6.07, 6.45) is 1.81. The van der Waals surface area contributed by atoms with E-state index in [2.05, 4.69) is 5.10 Å². The van der Waals surface area contributed by atoms with E-state index in [1.165, 1.54) is 0 Å². The van der Waals surface area contributed by atoms with Gasteiger partial charge in [-0.3, -0.25) is 4.79 Å². The molecule has 1 amide bonds. The van der Waals surface area contributed by atoms with E-state index in [0.717, 1.165) is 5.69 Å². The van der Waals surface area contributed by atoms with Crippen molar-refractivity contribution in [2.45, 2.75) is 19.4 Å². The Morgan fingerprint density at radius 2 is 2.14 bits per heavy atom. The van der Waals surface area contributed by atoms with Crippen molar-refractivity contribution >= 4 is 17.5 Å². The normalized spacial score (nSPS) is 12.2. The quantitative estimate of drug-likeness (QED) is 0.922. The summed E-state index contributed by atoms with van der Waals surface area (Å²) < 4.78 is 1.58. The number of carbonyl (C=O) groups excluding carboxylic acids is 1. The number of rotatable bonds is 5. The van der Waals surface area contributed by atoms with Crippen LogP contribution in [0.3, 0.4) is 0 Å². The standard InChI is InChI=1S/C15H18ClN3O2/c1-11(20)7-9-18(2)15(21)13-8-10-19(17-13)14-6-4-3-5-12(14)16/h3-6,8,10-11,20H,7,9H2,1-2H3. The number of aromatic nitrogens is 2. The fourth-order valence-corrected chi connectivity index (χ4v) is 2.11. The van der Waals surface area contributed by atoms with Crippen LogP contribution in [0.4, 0.5) is 0 Å². The molecule has 0 aliphatic heterocycles. The van der Waals surface area contributed by atoms with E-state index in [-0.39, 0.29) is 5.91 Å². The summed E-state index contributed by atoms with van der Waals surface area (Å²) in [7, 11) is 1.69. The van der Waals surface area contributed by atoms with Gasteiger partial charge < -0.3 is 10.0 Å². The molecule has 0 spiro atoms. The summed E-state index contributed by atoms with van der Waals surface area (Å²) in [5.41, 5.74) is 1.08. The summed E-state index contributed by atoms with van der Waals surface area (Å²) in [5.74, 6) is -0.179. The predicted molar refractivity (Wildman–Crippen MR) is 81.8 cm³/mol. The Hall–Kier alpha value is -1.85. The third-order valence-electron chi connectivity index (χ3n) is 3.14. The van der Waals surface area contributed by atoms with Gasteiger partial charge in [0, 0.05) is 19.8 Å². The zero-order valence-corrected chi connectivity index (χ0v) is 12.8. The molecule has 1 aromatic heterocycles. The minimum Gasteiger partial charge on any atom is -0.393 e. The lowest BCUT2D eigenvalue weighted by molar-refractivity contribution is 0.0763. The number of para-hydroxylation sites is 1. The number of aliphatic hydroxyl groups is 1. The summed E-state index contributed by atoms with van der Waals surface area (Å²) in [6, 6.07) is 8.96. The minimum absolute atomic E-state index is 0.179. The van der Waals surface area contributed by atoms with Crippen molar-refractivity contribution < 1.29 is 9.90 Å². The Kier molecular flexibility index (Phi) is 4.98. The Balaban J connectivity index is 2.13. The van der Waals surface area contributed by atoms with Gasteiger partial charge >= 0.3 is 0 Å². The summed E-state index contributed by atoms with van der Waals surface area (Å²) in [6.45, 7) is 2.18. The highest BCUT2D eigenvalue weighted by atomic mass is 35.5. The van der Waals surface area contributed by atoms with Crippen molar-refractivity contribution in [1.82, 2.24) is 14.7 Å². The molecule has 112 valence electrons. The first-order valence-corrected chi connectivity index (χ1v) is 7.11. The largest absolute Gasteiger partial charge is 0.393 e. The van der Waals surface area contributed by atoms with Crippen LogP contribution in [0.15, 0.2) is 36.5 Å². The molecule has 1 aromatic carbocycles. The molecule has 1 N–H and O–H groups in total. The van der Waals surface area contributed by atoms with Gasteiger partial charge in [-0.25, -0.2) is 4.68 Å². The number of hydrogen-bond donors (Lipinski definition) is 1. The van der Waals surface area contributed by atoms with Gasteiger partial charge in [0.15, 0.2) is 5.69 Å². The maximum Gasteiger partial charge on any atom is 0.274 e. The van der Waals surface area contributed by atoms with E-state index < -0.39 is 6.10 Å². The monoisotopic (exact) mass is 307 g/mol. The van der Waals surface area contributed by atoms with Crippen molar-refractivity contribution in [3.05, 3.63) is 47.2 Å². The molecule has 0 radical (unpaired) electrons. The predicted octanol–water partition coefficient (Wildman–Crippen LogP) is 2.37. The summed E-state index contributed by atoms with van der Waals surface area (Å²) >= 11 is 6.11. The fraction of sp³-hybridized carbons (Fsp3) is 0.333. The minimum atomic E-state index is -0.430. The van der Waals surface area contributed by atoms with Crippen LogP contribution >= 0.6 is 11.6 Å². The van der Waals surface area contributed by atoms with Crippen LogP contribution in [-0.4, -0.2) is 45.4 Å². The zero-order chi connectivity index (χ0) is 15.4. The van der Waals surface area contributed by atoms with E-state index in [4.69, 9.17) is 11.6 Å². The second-order valence-electron chi connectivity index (χ2n) is 4.96. The van der Waals surface area contributed by atoms with Crippen molar-refractivity contribution in [3.63, 3.8) is 0 Å². The lowest BCUT2D eigenvalue weighted by Crippen LogP contribution is -2.29. The van der Waals surface area contributed by atoms with Gasteiger partial charge in [0.05, 0.1) is 16.8 Å². The molecule has 0 saturated carbocycles. The number of hydrogen-bond acceptors (Lipinski definition) is 3. The molecule has 5 nitrogen and oxygen atoms in total. The second kappa shape index (κ2) is 6.74. The van der Waals surface area contributed by atoms with Crippen LogP contribution in [0.25, 0.3) is 5.69 Å². The van der Waals surface area contributed by atoms with Gasteiger partial charge in [0.1, 0.15) is 0 Å². The summed E-state index contributed by atoms with van der Waals surface area (Å²) in [5, 5.41) is 14.1. The van der Waals surface area contributed by atoms with Gasteiger partial charge in [-0.2, -0.15) is 5.10 Å². The van der Waals surface area contributed by atoms with Crippen molar-refractivity contribution in [3.8, 4) is 5.69 Å². The average Bonchev–Trinajstić information content (AvgIpc) is 2.94. The number of halogens is 1. The van der Waals surface area contributed by atoms with Gasteiger partial charge in [-0.05, 0) is 31.5 Å². The van der Waals surface area contributed by atoms with E-state index in [9.17, 15) is 9.90 Å². The maximum absolute atomic E-state index is 12.2. The zero-order valence-electron chi connectivity index (χ0n) is 12.0. The average molecular weight is 308 g/mol. The van der Waals surface area contributed by atoms with Crippen molar-refractivity contribution in [1.29, 1.82) is 0 Å². The topological polar surface area (TPSA) is 58.4 Å². The Bertz CT molecular complexity index is 625. The highest BCUT2D eigenvalue weighted by Crippen LogP contribution is 2.19. The Morgan fingerprint density at radius 3 is 2.81 bits per heavy atom. The lowest BCUT2D eigenvalue weighted by Gasteiger charge is -2.16. The molecule has 2 aromatic rings. The Labute approximate surface area is 128 Å². The van der Waals surface area contributed by atoms with Crippen LogP contribution in [0.2, 0.25) is 5.02 Å². The molecule has 1 atom stereocenters. The van der Waals surface area contributed by atoms with Crippen LogP contribution in [0.1, 0.15) is 23.8 Å². The molecular weight excluding hydrogens is 290 g/mol. The number of carbonyl (C=O) groups is 1. The molecule has 0 fully saturated rings. The maximum atomic E-state index is 12.2. The smallest absolute Gasteiger partial charge is 0.274 e. The highest BCUT2D eigenvalue weighted by molar-refractivity contribution is 6.32. The number of aliphatic hydroxyl groups excluding tert-OH is 1. The first-order valence-electron chi connectivity index (χ1n) is 6.73. The molecular formula is C15H18ClN3O2. The van der Waals surface area contributed by atoms with Crippen molar-refractivity contribution in [2.75, 3.05) is 13.6 Å². The van der Waals surface area contributed by atoms with Crippen LogP contribution in [-0.2, 0) is 0 Å². The number of benzene rings is 1. The molecule has 21 heavy (non-hydrogen) atoms. The highest BCUT2D eigenvalue weighted by Gasteiger charge is 2.16. The molecule has 6 heteroatoms. The molecule has 2 rings (SSSR count). The van der Waals surface area contributed by atoms with Gasteiger partial charge in [0.2, 0.25) is 0 Å². The van der Waals surface area contributed by atoms with Crippen LogP contribution in [0.5, 0.6) is 0 Å².